The Morgan fingerprint density at radius 2 is 1.62 bits per heavy atom. The van der Waals surface area contributed by atoms with Crippen LogP contribution in [-0.4, -0.2) is 83.0 Å². The van der Waals surface area contributed by atoms with Crippen molar-refractivity contribution in [1.82, 2.24) is 20.2 Å². The molecule has 286 valence electrons. The minimum Gasteiger partial charge on any atom is -0.490 e. The first kappa shape index (κ1) is 35.4. The number of anilines is 2. The molecule has 10 rings (SSSR count). The molecule has 8 aliphatic rings. The molecule has 0 radical (unpaired) electrons. The number of carbonyl (C=O) groups excluding carboxylic acids is 2. The fourth-order valence-corrected chi connectivity index (χ4v) is 11.7. The molecule has 7 fully saturated rings. The number of nitrogens with zero attached hydrogens (tertiary/aromatic N) is 4. The van der Waals surface area contributed by atoms with Gasteiger partial charge in [0.05, 0.1) is 24.8 Å². The lowest BCUT2D eigenvalue weighted by Crippen LogP contribution is -2.69. The van der Waals surface area contributed by atoms with Gasteiger partial charge in [0, 0.05) is 50.0 Å². The number of hydrogen-bond donors (Lipinski definition) is 1. The maximum Gasteiger partial charge on any atom is 0.287 e. The molecule has 1 aromatic heterocycles. The van der Waals surface area contributed by atoms with Crippen LogP contribution in [0.2, 0.25) is 0 Å². The van der Waals surface area contributed by atoms with Crippen LogP contribution < -0.4 is 15.0 Å². The molecular formula is C40H49F4N5O4. The summed E-state index contributed by atoms with van der Waals surface area (Å²) in [5, 5.41) is 3.04. The number of nitrogens with one attached hydrogen (secondary N) is 1. The smallest absolute Gasteiger partial charge is 0.287 e. The van der Waals surface area contributed by atoms with Crippen molar-refractivity contribution in [2.45, 2.75) is 119 Å². The summed E-state index contributed by atoms with van der Waals surface area (Å²) in [4.78, 5) is 40.1. The van der Waals surface area contributed by atoms with Gasteiger partial charge in [-0.25, -0.2) is 18.7 Å². The summed E-state index contributed by atoms with van der Waals surface area (Å²) < 4.78 is 70.1. The normalized spacial score (nSPS) is 34.1. The van der Waals surface area contributed by atoms with E-state index in [1.54, 1.807) is 0 Å². The molecule has 2 aromatic rings. The summed E-state index contributed by atoms with van der Waals surface area (Å²) >= 11 is 0. The number of likely N-dealkylation sites (tertiary alicyclic amines) is 1. The molecule has 0 atom stereocenters. The lowest BCUT2D eigenvalue weighted by atomic mass is 9.47. The van der Waals surface area contributed by atoms with E-state index in [-0.39, 0.29) is 59.8 Å². The molecule has 5 saturated carbocycles. The second kappa shape index (κ2) is 12.6. The molecule has 1 aromatic carbocycles. The Balaban J connectivity index is 0.976. The van der Waals surface area contributed by atoms with Gasteiger partial charge in [-0.2, -0.15) is 8.78 Å². The summed E-state index contributed by atoms with van der Waals surface area (Å²) in [6.07, 6.45) is 10.5. The molecule has 2 saturated heterocycles. The van der Waals surface area contributed by atoms with Gasteiger partial charge in [-0.3, -0.25) is 14.5 Å². The highest BCUT2D eigenvalue weighted by Crippen LogP contribution is 2.59. The van der Waals surface area contributed by atoms with Crippen LogP contribution in [0.5, 0.6) is 5.75 Å². The van der Waals surface area contributed by atoms with E-state index in [0.717, 1.165) is 82.4 Å². The number of benzene rings is 1. The second-order valence-electron chi connectivity index (χ2n) is 17.5. The zero-order chi connectivity index (χ0) is 36.9. The fourth-order valence-electron chi connectivity index (χ4n) is 11.7. The number of fused-ring (bicyclic) bond motifs is 2. The van der Waals surface area contributed by atoms with Crippen molar-refractivity contribution >= 4 is 23.3 Å². The van der Waals surface area contributed by atoms with Crippen molar-refractivity contribution in [3.05, 3.63) is 41.2 Å². The molecule has 1 N–H and O–H groups in total. The molecule has 0 unspecified atom stereocenters. The zero-order valence-corrected chi connectivity index (χ0v) is 30.5. The average molecular weight is 740 g/mol. The number of amides is 1. The first-order chi connectivity index (χ1) is 25.2. The molecule has 4 heterocycles. The summed E-state index contributed by atoms with van der Waals surface area (Å²) in [5.41, 5.74) is -0.539. The molecule has 13 heteroatoms. The van der Waals surface area contributed by atoms with Crippen LogP contribution in [0.15, 0.2) is 24.4 Å². The van der Waals surface area contributed by atoms with E-state index < -0.39 is 29.0 Å². The van der Waals surface area contributed by atoms with Crippen LogP contribution in [0.4, 0.5) is 29.2 Å². The Morgan fingerprint density at radius 1 is 0.962 bits per heavy atom. The van der Waals surface area contributed by atoms with E-state index in [0.29, 0.717) is 37.3 Å². The van der Waals surface area contributed by atoms with Crippen molar-refractivity contribution in [1.29, 1.82) is 0 Å². The SMILES string of the molecule is CC(=O)C1(NC(=O)c2cnc(N3CC4(CCOCC4)c4cc(O[C@H]5CC[C@H](N6CC(F)(F)C6)CC5)ccc43)nc2C(C)(F)F)C2CC3CC(C2)CC1C3. The Hall–Kier alpha value is -3.32. The number of alkyl halides is 4. The number of Topliss-reactive ketones (excluding diaryl/α,β-unsaturated/α-hetero) is 1. The molecule has 3 aliphatic heterocycles. The first-order valence-corrected chi connectivity index (χ1v) is 19.6. The third-order valence-electron chi connectivity index (χ3n) is 14.1. The molecule has 4 bridgehead atoms. The van der Waals surface area contributed by atoms with Crippen molar-refractivity contribution in [3.8, 4) is 5.75 Å². The zero-order valence-electron chi connectivity index (χ0n) is 30.5. The van der Waals surface area contributed by atoms with Gasteiger partial charge in [-0.05, 0) is 125 Å². The van der Waals surface area contributed by atoms with E-state index in [1.807, 2.05) is 28.0 Å². The molecule has 9 nitrogen and oxygen atoms in total. The lowest BCUT2D eigenvalue weighted by molar-refractivity contribution is -0.151. The monoisotopic (exact) mass is 739 g/mol. The van der Waals surface area contributed by atoms with Gasteiger partial charge in [0.25, 0.3) is 17.8 Å². The predicted molar refractivity (Wildman–Crippen MR) is 188 cm³/mol. The van der Waals surface area contributed by atoms with Crippen LogP contribution in [0.1, 0.15) is 106 Å². The number of hydrogen-bond acceptors (Lipinski definition) is 8. The van der Waals surface area contributed by atoms with Gasteiger partial charge in [-0.15, -0.1) is 0 Å². The van der Waals surface area contributed by atoms with Crippen molar-refractivity contribution < 1.29 is 36.6 Å². The highest BCUT2D eigenvalue weighted by Gasteiger charge is 2.60. The number of ketones is 1. The topological polar surface area (TPSA) is 96.9 Å². The number of halogens is 4. The highest BCUT2D eigenvalue weighted by molar-refractivity contribution is 6.00. The minimum absolute atomic E-state index is 0.00726. The van der Waals surface area contributed by atoms with Crippen molar-refractivity contribution in [2.75, 3.05) is 37.7 Å². The summed E-state index contributed by atoms with van der Waals surface area (Å²) in [7, 11) is 0. The lowest BCUT2D eigenvalue weighted by Gasteiger charge is -2.60. The number of carbonyl (C=O) groups is 2. The molecular weight excluding hydrogens is 690 g/mol. The largest absolute Gasteiger partial charge is 0.490 e. The summed E-state index contributed by atoms with van der Waals surface area (Å²) in [6, 6.07) is 6.03. The summed E-state index contributed by atoms with van der Waals surface area (Å²) in [5.74, 6) is -4.92. The van der Waals surface area contributed by atoms with Gasteiger partial charge in [0.15, 0.2) is 5.78 Å². The standard InChI is InChI=1S/C40H49F4N5O4/c1-23(50)40(26-14-24-13-25(16-26)17-27(40)15-24)47-35(51)31-19-45-36(46-34(31)37(2,41)42)49-20-38(9-11-52-12-10-38)32-18-30(7-8-33(32)49)53-29-5-3-28(4-6-29)48-21-39(43,44)22-48/h7-8,18-19,24-29H,3-6,9-17,20-22H2,1-2H3,(H,47,51)/t24?,25?,26?,27?,28-,29-,40?. The summed E-state index contributed by atoms with van der Waals surface area (Å²) in [6.45, 7) is 3.52. The van der Waals surface area contributed by atoms with Crippen molar-refractivity contribution in [2.24, 2.45) is 23.7 Å². The van der Waals surface area contributed by atoms with E-state index in [1.165, 1.54) is 19.5 Å². The van der Waals surface area contributed by atoms with E-state index in [2.05, 4.69) is 15.3 Å². The Morgan fingerprint density at radius 3 is 2.23 bits per heavy atom. The van der Waals surface area contributed by atoms with Gasteiger partial charge in [0.1, 0.15) is 17.0 Å². The van der Waals surface area contributed by atoms with E-state index in [9.17, 15) is 18.4 Å². The third-order valence-corrected chi connectivity index (χ3v) is 14.1. The van der Waals surface area contributed by atoms with Crippen LogP contribution >= 0.6 is 0 Å². The van der Waals surface area contributed by atoms with Crippen LogP contribution in [0.3, 0.4) is 0 Å². The van der Waals surface area contributed by atoms with Gasteiger partial charge in [-0.1, -0.05) is 0 Å². The molecule has 53 heavy (non-hydrogen) atoms. The van der Waals surface area contributed by atoms with Crippen molar-refractivity contribution in [3.63, 3.8) is 0 Å². The van der Waals surface area contributed by atoms with E-state index in [4.69, 9.17) is 9.47 Å². The maximum absolute atomic E-state index is 15.5. The average Bonchev–Trinajstić information content (AvgIpc) is 3.40. The highest BCUT2D eigenvalue weighted by atomic mass is 19.3. The second-order valence-corrected chi connectivity index (χ2v) is 17.5. The Bertz CT molecular complexity index is 1750. The third kappa shape index (κ3) is 6.03. The van der Waals surface area contributed by atoms with Crippen LogP contribution in [0, 0.1) is 23.7 Å². The van der Waals surface area contributed by atoms with Crippen LogP contribution in [0.25, 0.3) is 0 Å². The first-order valence-electron chi connectivity index (χ1n) is 19.6. The Labute approximate surface area is 307 Å². The predicted octanol–water partition coefficient (Wildman–Crippen LogP) is 6.94. The fraction of sp³-hybridized carbons (Fsp3) is 0.700. The molecule has 1 amide bonds. The number of rotatable bonds is 8. The van der Waals surface area contributed by atoms with Crippen LogP contribution in [-0.2, 0) is 20.9 Å². The van der Waals surface area contributed by atoms with Gasteiger partial charge >= 0.3 is 0 Å². The minimum atomic E-state index is -3.45. The molecule has 1 spiro atoms. The molecule has 5 aliphatic carbocycles. The number of aromatic nitrogens is 2. The van der Waals surface area contributed by atoms with Gasteiger partial charge in [0.2, 0.25) is 5.95 Å². The van der Waals surface area contributed by atoms with E-state index >= 15 is 8.78 Å². The maximum atomic E-state index is 15.5. The quantitative estimate of drug-likeness (QED) is 0.291. The number of ether oxygens (including phenoxy) is 2. The van der Waals surface area contributed by atoms with Gasteiger partial charge < -0.3 is 19.7 Å². The Kier molecular flexibility index (Phi) is 8.42.